The first-order valence-corrected chi connectivity index (χ1v) is 9.93. The lowest BCUT2D eigenvalue weighted by molar-refractivity contribution is -0.119. The zero-order valence-electron chi connectivity index (χ0n) is 13.2. The van der Waals surface area contributed by atoms with Crippen LogP contribution >= 0.6 is 23.1 Å². The van der Waals surface area contributed by atoms with Crippen molar-refractivity contribution >= 4 is 29.0 Å². The molecule has 2 unspecified atom stereocenters. The van der Waals surface area contributed by atoms with Crippen LogP contribution < -0.4 is 5.32 Å². The van der Waals surface area contributed by atoms with Crippen LogP contribution in [-0.2, 0) is 11.2 Å². The Bertz CT molecular complexity index is 626. The minimum atomic E-state index is 0.0818. The van der Waals surface area contributed by atoms with Crippen molar-refractivity contribution in [2.75, 3.05) is 5.75 Å². The van der Waals surface area contributed by atoms with Crippen LogP contribution in [0, 0.1) is 5.92 Å². The third kappa shape index (κ3) is 4.81. The van der Waals surface area contributed by atoms with Crippen LogP contribution in [0.2, 0.25) is 0 Å². The van der Waals surface area contributed by atoms with E-state index in [1.54, 1.807) is 11.3 Å². The van der Waals surface area contributed by atoms with Crippen molar-refractivity contribution in [2.24, 2.45) is 5.92 Å². The first-order valence-electron chi connectivity index (χ1n) is 8.06. The molecule has 0 spiro atoms. The van der Waals surface area contributed by atoms with Gasteiger partial charge in [-0.1, -0.05) is 37.6 Å². The fourth-order valence-electron chi connectivity index (χ4n) is 2.91. The number of rotatable bonds is 6. The van der Waals surface area contributed by atoms with E-state index in [9.17, 15) is 4.79 Å². The smallest absolute Gasteiger partial charge is 0.230 e. The van der Waals surface area contributed by atoms with Gasteiger partial charge >= 0.3 is 0 Å². The topological polar surface area (TPSA) is 70.7 Å². The maximum atomic E-state index is 12.1. The van der Waals surface area contributed by atoms with Gasteiger partial charge in [-0.15, -0.1) is 16.4 Å². The number of aromatic nitrogens is 3. The molecule has 0 radical (unpaired) electrons. The lowest BCUT2D eigenvalue weighted by Crippen LogP contribution is -2.41. The quantitative estimate of drug-likeness (QED) is 0.785. The summed E-state index contributed by atoms with van der Waals surface area (Å²) in [5.74, 6) is 1.88. The van der Waals surface area contributed by atoms with E-state index in [2.05, 4.69) is 38.9 Å². The highest BCUT2D eigenvalue weighted by atomic mass is 32.2. The second-order valence-corrected chi connectivity index (χ2v) is 8.02. The highest BCUT2D eigenvalue weighted by Gasteiger charge is 2.22. The number of amides is 1. The van der Waals surface area contributed by atoms with E-state index in [1.807, 2.05) is 6.07 Å². The molecule has 1 saturated carbocycles. The van der Waals surface area contributed by atoms with Gasteiger partial charge < -0.3 is 5.32 Å². The molecule has 2 atom stereocenters. The molecule has 2 aromatic rings. The van der Waals surface area contributed by atoms with Crippen LogP contribution in [0.1, 0.15) is 43.3 Å². The maximum Gasteiger partial charge on any atom is 0.230 e. The van der Waals surface area contributed by atoms with Gasteiger partial charge in [-0.05, 0) is 30.2 Å². The molecule has 5 nitrogen and oxygen atoms in total. The molecule has 1 amide bonds. The van der Waals surface area contributed by atoms with E-state index < -0.39 is 0 Å². The van der Waals surface area contributed by atoms with Crippen LogP contribution in [0.5, 0.6) is 0 Å². The SMILES string of the molecule is CC1CCCCC1NC(=O)CSc1n[nH]c(Cc2cccs2)n1. The normalized spacial score (nSPS) is 21.3. The number of aromatic amines is 1. The van der Waals surface area contributed by atoms with E-state index in [0.29, 0.717) is 22.9 Å². The molecule has 1 aliphatic rings. The Morgan fingerprint density at radius 2 is 2.35 bits per heavy atom. The van der Waals surface area contributed by atoms with Gasteiger partial charge in [0.15, 0.2) is 0 Å². The molecule has 7 heteroatoms. The molecule has 0 aliphatic heterocycles. The Balaban J connectivity index is 1.44. The summed E-state index contributed by atoms with van der Waals surface area (Å²) in [5.41, 5.74) is 0. The van der Waals surface area contributed by atoms with Crippen molar-refractivity contribution in [3.05, 3.63) is 28.2 Å². The Morgan fingerprint density at radius 1 is 1.48 bits per heavy atom. The van der Waals surface area contributed by atoms with Crippen LogP contribution in [0.15, 0.2) is 22.7 Å². The number of nitrogens with zero attached hydrogens (tertiary/aromatic N) is 2. The number of hydrogen-bond donors (Lipinski definition) is 2. The number of carbonyl (C=O) groups is 1. The Hall–Kier alpha value is -1.34. The van der Waals surface area contributed by atoms with Gasteiger partial charge in [-0.2, -0.15) is 0 Å². The fraction of sp³-hybridized carbons (Fsp3) is 0.562. The second kappa shape index (κ2) is 7.97. The largest absolute Gasteiger partial charge is 0.352 e. The van der Waals surface area contributed by atoms with Crippen molar-refractivity contribution in [1.29, 1.82) is 0 Å². The summed E-state index contributed by atoms with van der Waals surface area (Å²) in [4.78, 5) is 17.8. The highest BCUT2D eigenvalue weighted by Crippen LogP contribution is 2.24. The van der Waals surface area contributed by atoms with Crippen LogP contribution in [0.25, 0.3) is 0 Å². The van der Waals surface area contributed by atoms with E-state index in [0.717, 1.165) is 18.7 Å². The molecule has 0 bridgehead atoms. The van der Waals surface area contributed by atoms with E-state index >= 15 is 0 Å². The van der Waals surface area contributed by atoms with Crippen LogP contribution in [0.4, 0.5) is 0 Å². The molecule has 124 valence electrons. The summed E-state index contributed by atoms with van der Waals surface area (Å²) in [5, 5.41) is 13.0. The Kier molecular flexibility index (Phi) is 5.72. The number of H-pyrrole nitrogens is 1. The average Bonchev–Trinajstić information content (AvgIpc) is 3.20. The minimum absolute atomic E-state index is 0.0818. The van der Waals surface area contributed by atoms with Gasteiger partial charge in [0.05, 0.1) is 5.75 Å². The predicted octanol–water partition coefficient (Wildman–Crippen LogP) is 3.24. The summed E-state index contributed by atoms with van der Waals surface area (Å²) >= 11 is 3.10. The number of thiophene rings is 1. The number of carbonyl (C=O) groups excluding carboxylic acids is 1. The number of thioether (sulfide) groups is 1. The van der Waals surface area contributed by atoms with Gasteiger partial charge in [0.25, 0.3) is 0 Å². The van der Waals surface area contributed by atoms with E-state index in [4.69, 9.17) is 0 Å². The zero-order valence-corrected chi connectivity index (χ0v) is 14.9. The molecule has 0 saturated heterocycles. The molecular weight excluding hydrogens is 328 g/mol. The lowest BCUT2D eigenvalue weighted by Gasteiger charge is -2.29. The van der Waals surface area contributed by atoms with E-state index in [-0.39, 0.29) is 5.91 Å². The minimum Gasteiger partial charge on any atom is -0.352 e. The van der Waals surface area contributed by atoms with E-state index in [1.165, 1.54) is 35.9 Å². The standard InChI is InChI=1S/C16H22N4OS2/c1-11-5-2-3-7-13(11)17-15(21)10-23-16-18-14(19-20-16)9-12-6-4-8-22-12/h4,6,8,11,13H,2-3,5,7,9-10H2,1H3,(H,17,21)(H,18,19,20). The summed E-state index contributed by atoms with van der Waals surface area (Å²) in [6.45, 7) is 2.23. The summed E-state index contributed by atoms with van der Waals surface area (Å²) in [6, 6.07) is 4.44. The van der Waals surface area contributed by atoms with Gasteiger partial charge in [0, 0.05) is 17.3 Å². The van der Waals surface area contributed by atoms with Crippen molar-refractivity contribution < 1.29 is 4.79 Å². The molecule has 1 fully saturated rings. The summed E-state index contributed by atoms with van der Waals surface area (Å²) in [7, 11) is 0. The fourth-order valence-corrected chi connectivity index (χ4v) is 4.25. The van der Waals surface area contributed by atoms with Gasteiger partial charge in [-0.25, -0.2) is 4.98 Å². The third-order valence-electron chi connectivity index (χ3n) is 4.22. The third-order valence-corrected chi connectivity index (χ3v) is 5.95. The second-order valence-electron chi connectivity index (χ2n) is 6.05. The molecule has 2 heterocycles. The summed E-state index contributed by atoms with van der Waals surface area (Å²) in [6.07, 6.45) is 5.58. The van der Waals surface area contributed by atoms with Crippen LogP contribution in [-0.4, -0.2) is 32.9 Å². The zero-order chi connectivity index (χ0) is 16.1. The Morgan fingerprint density at radius 3 is 3.13 bits per heavy atom. The first kappa shape index (κ1) is 16.5. The molecule has 3 rings (SSSR count). The van der Waals surface area contributed by atoms with Crippen molar-refractivity contribution in [2.45, 2.75) is 50.2 Å². The van der Waals surface area contributed by atoms with Crippen molar-refractivity contribution in [1.82, 2.24) is 20.5 Å². The molecule has 2 aromatic heterocycles. The molecule has 23 heavy (non-hydrogen) atoms. The van der Waals surface area contributed by atoms with Crippen LogP contribution in [0.3, 0.4) is 0 Å². The molecule has 0 aromatic carbocycles. The van der Waals surface area contributed by atoms with Gasteiger partial charge in [0.2, 0.25) is 11.1 Å². The lowest BCUT2D eigenvalue weighted by atomic mass is 9.86. The van der Waals surface area contributed by atoms with Gasteiger partial charge in [0.1, 0.15) is 5.82 Å². The molecule has 1 aliphatic carbocycles. The molecular formula is C16H22N4OS2. The predicted molar refractivity (Wildman–Crippen MR) is 93.8 cm³/mol. The number of hydrogen-bond acceptors (Lipinski definition) is 5. The Labute approximate surface area is 144 Å². The van der Waals surface area contributed by atoms with Crippen molar-refractivity contribution in [3.63, 3.8) is 0 Å². The summed E-state index contributed by atoms with van der Waals surface area (Å²) < 4.78 is 0. The highest BCUT2D eigenvalue weighted by molar-refractivity contribution is 7.99. The average molecular weight is 351 g/mol. The first-order chi connectivity index (χ1) is 11.2. The number of nitrogens with one attached hydrogen (secondary N) is 2. The van der Waals surface area contributed by atoms with Gasteiger partial charge in [-0.3, -0.25) is 9.89 Å². The maximum absolute atomic E-state index is 12.1. The molecule has 2 N–H and O–H groups in total. The monoisotopic (exact) mass is 350 g/mol. The van der Waals surface area contributed by atoms with Crippen molar-refractivity contribution in [3.8, 4) is 0 Å².